The summed E-state index contributed by atoms with van der Waals surface area (Å²) in [6.07, 6.45) is 0.0859. The van der Waals surface area contributed by atoms with E-state index in [9.17, 15) is 14.4 Å². The first-order valence-electron chi connectivity index (χ1n) is 10.8. The zero-order valence-electron chi connectivity index (χ0n) is 18.6. The van der Waals surface area contributed by atoms with E-state index in [0.717, 1.165) is 5.56 Å². The maximum atomic E-state index is 13.0. The smallest absolute Gasteiger partial charge is 0.253 e. The molecule has 3 aromatic rings. The first-order chi connectivity index (χ1) is 16.4. The highest BCUT2D eigenvalue weighted by molar-refractivity contribution is 6.31. The van der Waals surface area contributed by atoms with Crippen LogP contribution in [0.4, 0.5) is 11.4 Å². The quantitative estimate of drug-likeness (QED) is 0.532. The second-order valence-electron chi connectivity index (χ2n) is 7.95. The van der Waals surface area contributed by atoms with E-state index in [1.165, 1.54) is 0 Å². The van der Waals surface area contributed by atoms with Gasteiger partial charge in [0.05, 0.1) is 24.3 Å². The lowest BCUT2D eigenvalue weighted by molar-refractivity contribution is -0.122. The lowest BCUT2D eigenvalue weighted by Crippen LogP contribution is -2.29. The summed E-state index contributed by atoms with van der Waals surface area (Å²) < 4.78 is 5.21. The minimum atomic E-state index is -0.542. The molecule has 0 aromatic heterocycles. The fourth-order valence-electron chi connectivity index (χ4n) is 3.86. The molecular formula is C26H24ClN3O4. The van der Waals surface area contributed by atoms with E-state index in [0.29, 0.717) is 34.3 Å². The van der Waals surface area contributed by atoms with Gasteiger partial charge in [0.2, 0.25) is 11.8 Å². The summed E-state index contributed by atoms with van der Waals surface area (Å²) in [5.74, 6) is -0.615. The number of nitrogens with one attached hydrogen (secondary N) is 2. The highest BCUT2D eigenvalue weighted by atomic mass is 35.5. The molecule has 0 saturated carbocycles. The highest BCUT2D eigenvalue weighted by Crippen LogP contribution is 2.28. The van der Waals surface area contributed by atoms with Crippen molar-refractivity contribution in [2.75, 3.05) is 23.9 Å². The van der Waals surface area contributed by atoms with Gasteiger partial charge in [0.15, 0.2) is 0 Å². The number of nitrogens with zero attached hydrogens (tertiary/aromatic N) is 1. The van der Waals surface area contributed by atoms with Gasteiger partial charge in [-0.1, -0.05) is 41.9 Å². The topological polar surface area (TPSA) is 87.7 Å². The minimum absolute atomic E-state index is 0.0859. The second-order valence-corrected chi connectivity index (χ2v) is 8.39. The van der Waals surface area contributed by atoms with Gasteiger partial charge in [-0.25, -0.2) is 0 Å². The molecule has 3 aromatic carbocycles. The molecule has 1 aliphatic rings. The maximum absolute atomic E-state index is 13.0. The number of amides is 3. The second kappa shape index (κ2) is 10.4. The zero-order valence-corrected chi connectivity index (χ0v) is 19.3. The third-order valence-electron chi connectivity index (χ3n) is 5.63. The van der Waals surface area contributed by atoms with Gasteiger partial charge in [0.25, 0.3) is 5.91 Å². The number of halogens is 1. The van der Waals surface area contributed by atoms with Crippen LogP contribution in [0, 0.1) is 5.92 Å². The number of rotatable bonds is 7. The number of carbonyl (C=O) groups excluding carboxylic acids is 3. The normalized spacial score (nSPS) is 15.2. The van der Waals surface area contributed by atoms with Crippen molar-refractivity contribution in [2.45, 2.75) is 13.0 Å². The molecule has 1 saturated heterocycles. The summed E-state index contributed by atoms with van der Waals surface area (Å²) in [5, 5.41) is 6.22. The van der Waals surface area contributed by atoms with Crippen molar-refractivity contribution < 1.29 is 19.1 Å². The lowest BCUT2D eigenvalue weighted by Gasteiger charge is -2.17. The SMILES string of the molecule is COc1cccc(CNC(=O)c2ccccc2NC(=O)[C@H]2CC(=O)N(c3cccc(Cl)c3)C2)c1. The molecule has 1 heterocycles. The first kappa shape index (κ1) is 23.3. The number of benzene rings is 3. The van der Waals surface area contributed by atoms with Gasteiger partial charge in [-0.3, -0.25) is 14.4 Å². The molecule has 0 unspecified atom stereocenters. The zero-order chi connectivity index (χ0) is 24.1. The molecular weight excluding hydrogens is 454 g/mol. The summed E-state index contributed by atoms with van der Waals surface area (Å²) in [4.78, 5) is 39.9. The van der Waals surface area contributed by atoms with Crippen molar-refractivity contribution in [3.05, 3.63) is 88.9 Å². The van der Waals surface area contributed by atoms with Gasteiger partial charge in [0, 0.05) is 30.2 Å². The van der Waals surface area contributed by atoms with Crippen LogP contribution in [-0.4, -0.2) is 31.4 Å². The predicted molar refractivity (Wildman–Crippen MR) is 131 cm³/mol. The fraction of sp³-hybridized carbons (Fsp3) is 0.192. The van der Waals surface area contributed by atoms with Gasteiger partial charge < -0.3 is 20.3 Å². The summed E-state index contributed by atoms with van der Waals surface area (Å²) in [6.45, 7) is 0.555. The number of ether oxygens (including phenoxy) is 1. The van der Waals surface area contributed by atoms with Crippen LogP contribution in [0.25, 0.3) is 0 Å². The maximum Gasteiger partial charge on any atom is 0.253 e. The molecule has 1 aliphatic heterocycles. The van der Waals surface area contributed by atoms with Crippen LogP contribution in [0.15, 0.2) is 72.8 Å². The van der Waals surface area contributed by atoms with Gasteiger partial charge in [-0.05, 0) is 48.0 Å². The monoisotopic (exact) mass is 477 g/mol. The predicted octanol–water partition coefficient (Wildman–Crippen LogP) is 4.27. The Morgan fingerprint density at radius 3 is 2.65 bits per heavy atom. The molecule has 2 N–H and O–H groups in total. The number of hydrogen-bond donors (Lipinski definition) is 2. The molecule has 3 amide bonds. The Kier molecular flexibility index (Phi) is 7.13. The Morgan fingerprint density at radius 1 is 1.06 bits per heavy atom. The van der Waals surface area contributed by atoms with Crippen molar-refractivity contribution in [3.8, 4) is 5.75 Å². The summed E-state index contributed by atoms with van der Waals surface area (Å²) >= 11 is 6.04. The van der Waals surface area contributed by atoms with E-state index in [2.05, 4.69) is 10.6 Å². The number of methoxy groups -OCH3 is 1. The molecule has 174 valence electrons. The van der Waals surface area contributed by atoms with Gasteiger partial charge in [-0.2, -0.15) is 0 Å². The van der Waals surface area contributed by atoms with E-state index < -0.39 is 5.92 Å². The Hall–Kier alpha value is -3.84. The van der Waals surface area contributed by atoms with Crippen molar-refractivity contribution >= 4 is 40.7 Å². The third-order valence-corrected chi connectivity index (χ3v) is 5.87. The van der Waals surface area contributed by atoms with Crippen LogP contribution >= 0.6 is 11.6 Å². The molecule has 7 nitrogen and oxygen atoms in total. The van der Waals surface area contributed by atoms with Gasteiger partial charge in [-0.15, -0.1) is 0 Å². The van der Waals surface area contributed by atoms with Gasteiger partial charge >= 0.3 is 0 Å². The average molecular weight is 478 g/mol. The molecule has 0 bridgehead atoms. The number of para-hydroxylation sites is 1. The minimum Gasteiger partial charge on any atom is -0.497 e. The molecule has 34 heavy (non-hydrogen) atoms. The fourth-order valence-corrected chi connectivity index (χ4v) is 4.05. The van der Waals surface area contributed by atoms with E-state index in [4.69, 9.17) is 16.3 Å². The molecule has 0 spiro atoms. The molecule has 1 atom stereocenters. The Balaban J connectivity index is 1.42. The van der Waals surface area contributed by atoms with Crippen LogP contribution in [0.1, 0.15) is 22.3 Å². The van der Waals surface area contributed by atoms with Crippen LogP contribution in [0.3, 0.4) is 0 Å². The van der Waals surface area contributed by atoms with Crippen LogP contribution < -0.4 is 20.3 Å². The largest absolute Gasteiger partial charge is 0.497 e. The molecule has 0 radical (unpaired) electrons. The molecule has 1 fully saturated rings. The molecule has 0 aliphatic carbocycles. The molecule has 4 rings (SSSR count). The lowest BCUT2D eigenvalue weighted by atomic mass is 10.1. The Labute approximate surface area is 202 Å². The summed E-state index contributed by atoms with van der Waals surface area (Å²) in [6, 6.07) is 21.2. The van der Waals surface area contributed by atoms with Crippen LogP contribution in [0.2, 0.25) is 5.02 Å². The number of hydrogen-bond acceptors (Lipinski definition) is 4. The standard InChI is InChI=1S/C26H24ClN3O4/c1-34-21-9-4-6-17(12-21)15-28-26(33)22-10-2-3-11-23(22)29-25(32)18-13-24(31)30(16-18)20-8-5-7-19(27)14-20/h2-12,14,18H,13,15-16H2,1H3,(H,28,33)(H,29,32)/t18-/m0/s1. The van der Waals surface area contributed by atoms with E-state index >= 15 is 0 Å². The third kappa shape index (κ3) is 5.38. The molecule has 8 heteroatoms. The van der Waals surface area contributed by atoms with Gasteiger partial charge in [0.1, 0.15) is 5.75 Å². The van der Waals surface area contributed by atoms with E-state index in [-0.39, 0.29) is 30.7 Å². The summed E-state index contributed by atoms with van der Waals surface area (Å²) in [5.41, 5.74) is 2.28. The van der Waals surface area contributed by atoms with E-state index in [1.54, 1.807) is 60.5 Å². The van der Waals surface area contributed by atoms with Crippen molar-refractivity contribution in [2.24, 2.45) is 5.92 Å². The first-order valence-corrected chi connectivity index (χ1v) is 11.2. The number of carbonyl (C=O) groups is 3. The Bertz CT molecular complexity index is 1230. The number of anilines is 2. The van der Waals surface area contributed by atoms with Crippen molar-refractivity contribution in [3.63, 3.8) is 0 Å². The Morgan fingerprint density at radius 2 is 1.85 bits per heavy atom. The summed E-state index contributed by atoms with van der Waals surface area (Å²) in [7, 11) is 1.59. The van der Waals surface area contributed by atoms with E-state index in [1.807, 2.05) is 24.3 Å². The van der Waals surface area contributed by atoms with Crippen molar-refractivity contribution in [1.82, 2.24) is 5.32 Å². The van der Waals surface area contributed by atoms with Crippen molar-refractivity contribution in [1.29, 1.82) is 0 Å². The van der Waals surface area contributed by atoms with Crippen LogP contribution in [0.5, 0.6) is 5.75 Å². The average Bonchev–Trinajstić information content (AvgIpc) is 3.25. The highest BCUT2D eigenvalue weighted by Gasteiger charge is 2.35. The van der Waals surface area contributed by atoms with Crippen LogP contribution in [-0.2, 0) is 16.1 Å².